The maximum absolute atomic E-state index is 12.1. The zero-order valence-corrected chi connectivity index (χ0v) is 18.6. The second-order valence-corrected chi connectivity index (χ2v) is 8.91. The number of amides is 2. The summed E-state index contributed by atoms with van der Waals surface area (Å²) in [5.41, 5.74) is -0.339. The number of hydrogen-bond donors (Lipinski definition) is 1. The molecule has 2 heterocycles. The van der Waals surface area contributed by atoms with E-state index < -0.39 is 30.3 Å². The predicted octanol–water partition coefficient (Wildman–Crippen LogP) is 2.84. The lowest BCUT2D eigenvalue weighted by Gasteiger charge is -2.32. The number of nitrogens with zero attached hydrogens (tertiary/aromatic N) is 1. The van der Waals surface area contributed by atoms with Gasteiger partial charge in [0.15, 0.2) is 5.75 Å². The van der Waals surface area contributed by atoms with Crippen molar-refractivity contribution in [3.05, 3.63) is 34.3 Å². The monoisotopic (exact) mass is 440 g/mol. The predicted molar refractivity (Wildman–Crippen MR) is 111 cm³/mol. The Balaban J connectivity index is 1.87. The van der Waals surface area contributed by atoms with E-state index in [9.17, 15) is 9.59 Å². The third kappa shape index (κ3) is 4.12. The van der Waals surface area contributed by atoms with E-state index in [1.807, 2.05) is 27.7 Å². The molecule has 7 nitrogen and oxygen atoms in total. The number of rotatable bonds is 3. The summed E-state index contributed by atoms with van der Waals surface area (Å²) in [5.74, 6) is -0.423. The summed E-state index contributed by atoms with van der Waals surface area (Å²) in [5, 5.41) is 3.35. The van der Waals surface area contributed by atoms with Crippen LogP contribution in [0.1, 0.15) is 41.5 Å². The summed E-state index contributed by atoms with van der Waals surface area (Å²) in [4.78, 5) is 24.7. The van der Waals surface area contributed by atoms with Gasteiger partial charge in [-0.05, 0) is 52.2 Å². The van der Waals surface area contributed by atoms with Crippen molar-refractivity contribution >= 4 is 47.6 Å². The average Bonchev–Trinajstić information content (AvgIpc) is 2.81. The number of nitrogens with one attached hydrogen (secondary N) is 1. The van der Waals surface area contributed by atoms with Gasteiger partial charge in [-0.1, -0.05) is 23.2 Å². The van der Waals surface area contributed by atoms with E-state index in [1.54, 1.807) is 19.1 Å². The molecule has 1 atom stereocenters. The molecule has 2 aliphatic heterocycles. The molecule has 1 unspecified atom stereocenters. The van der Waals surface area contributed by atoms with E-state index in [-0.39, 0.29) is 27.6 Å². The number of imide groups is 1. The number of hydrogen-bond acceptors (Lipinski definition) is 6. The van der Waals surface area contributed by atoms with Crippen LogP contribution in [-0.4, -0.2) is 41.1 Å². The van der Waals surface area contributed by atoms with Crippen LogP contribution in [0.2, 0.25) is 10.0 Å². The van der Waals surface area contributed by atoms with Crippen molar-refractivity contribution in [1.29, 1.82) is 0 Å². The lowest BCUT2D eigenvalue weighted by molar-refractivity contribution is -0.142. The van der Waals surface area contributed by atoms with Gasteiger partial charge in [-0.3, -0.25) is 14.5 Å². The molecular weight excluding hydrogens is 418 g/mol. The molecule has 0 bridgehead atoms. The summed E-state index contributed by atoms with van der Waals surface area (Å²) in [7, 11) is -0.623. The van der Waals surface area contributed by atoms with Crippen molar-refractivity contribution in [3.8, 4) is 5.75 Å². The Morgan fingerprint density at radius 2 is 1.69 bits per heavy atom. The summed E-state index contributed by atoms with van der Waals surface area (Å²) in [6.45, 7) is 10.7. The fraction of sp³-hybridized carbons (Fsp3) is 0.474. The molecule has 29 heavy (non-hydrogen) atoms. The fourth-order valence-corrected chi connectivity index (χ4v) is 3.49. The summed E-state index contributed by atoms with van der Waals surface area (Å²) in [6.07, 6.45) is 1.28. The molecule has 2 aliphatic rings. The molecule has 0 saturated carbocycles. The van der Waals surface area contributed by atoms with Gasteiger partial charge in [-0.15, -0.1) is 0 Å². The minimum Gasteiger partial charge on any atom is -0.437 e. The van der Waals surface area contributed by atoms with E-state index >= 15 is 0 Å². The molecule has 0 aromatic heterocycles. The number of halogens is 2. The van der Waals surface area contributed by atoms with Crippen LogP contribution in [0.5, 0.6) is 5.75 Å². The minimum absolute atomic E-state index is 0.180. The summed E-state index contributed by atoms with van der Waals surface area (Å²) in [6, 6.07) is 2.68. The third-order valence-corrected chi connectivity index (χ3v) is 5.87. The van der Waals surface area contributed by atoms with Crippen molar-refractivity contribution in [3.63, 3.8) is 0 Å². The maximum Gasteiger partial charge on any atom is 0.494 e. The van der Waals surface area contributed by atoms with E-state index in [0.717, 1.165) is 4.90 Å². The lowest BCUT2D eigenvalue weighted by atomic mass is 9.79. The van der Waals surface area contributed by atoms with Crippen molar-refractivity contribution in [2.75, 3.05) is 0 Å². The van der Waals surface area contributed by atoms with Crippen LogP contribution in [0.15, 0.2) is 24.2 Å². The molecule has 0 radical (unpaired) electrons. The molecule has 1 saturated heterocycles. The van der Waals surface area contributed by atoms with Crippen LogP contribution >= 0.6 is 23.2 Å². The highest BCUT2D eigenvalue weighted by Crippen LogP contribution is 2.38. The second-order valence-electron chi connectivity index (χ2n) is 8.09. The SMILES string of the molecule is CC(=O)N1C=C(Oc2c(Cl)cc(B3OC(C)(C)C(C)(C)O3)cc2Cl)NC(C)C1=O. The Morgan fingerprint density at radius 1 is 1.17 bits per heavy atom. The van der Waals surface area contributed by atoms with Crippen LogP contribution < -0.4 is 15.5 Å². The Labute approximate surface area is 180 Å². The van der Waals surface area contributed by atoms with Crippen LogP contribution in [-0.2, 0) is 18.9 Å². The molecular formula is C19H23BCl2N2O5. The largest absolute Gasteiger partial charge is 0.494 e. The van der Waals surface area contributed by atoms with Gasteiger partial charge in [0, 0.05) is 6.92 Å². The van der Waals surface area contributed by atoms with Crippen LogP contribution in [0, 0.1) is 0 Å². The van der Waals surface area contributed by atoms with Gasteiger partial charge in [0.1, 0.15) is 6.04 Å². The number of carbonyl (C=O) groups excluding carboxylic acids is 2. The summed E-state index contributed by atoms with van der Waals surface area (Å²) < 4.78 is 17.8. The van der Waals surface area contributed by atoms with E-state index in [0.29, 0.717) is 5.46 Å². The smallest absolute Gasteiger partial charge is 0.437 e. The number of carbonyl (C=O) groups is 2. The second kappa shape index (κ2) is 7.50. The van der Waals surface area contributed by atoms with Crippen LogP contribution in [0.4, 0.5) is 0 Å². The van der Waals surface area contributed by atoms with Gasteiger partial charge in [0.05, 0.1) is 27.4 Å². The Bertz CT molecular complexity index is 864. The van der Waals surface area contributed by atoms with Crippen molar-refractivity contribution in [2.45, 2.75) is 58.8 Å². The molecule has 156 valence electrons. The van der Waals surface area contributed by atoms with Gasteiger partial charge < -0.3 is 19.4 Å². The molecule has 0 spiro atoms. The summed E-state index contributed by atoms with van der Waals surface area (Å²) >= 11 is 12.8. The highest BCUT2D eigenvalue weighted by atomic mass is 35.5. The molecule has 1 aromatic carbocycles. The van der Waals surface area contributed by atoms with Gasteiger partial charge in [0.2, 0.25) is 11.8 Å². The number of benzene rings is 1. The van der Waals surface area contributed by atoms with Gasteiger partial charge in [-0.2, -0.15) is 0 Å². The normalized spacial score (nSPS) is 23.0. The highest BCUT2D eigenvalue weighted by Gasteiger charge is 2.52. The first kappa shape index (κ1) is 22.0. The third-order valence-electron chi connectivity index (χ3n) is 5.31. The van der Waals surface area contributed by atoms with Crippen LogP contribution in [0.3, 0.4) is 0 Å². The molecule has 3 rings (SSSR count). The Morgan fingerprint density at radius 3 is 2.17 bits per heavy atom. The quantitative estimate of drug-likeness (QED) is 0.728. The maximum atomic E-state index is 12.1. The van der Waals surface area contributed by atoms with Crippen molar-refractivity contribution < 1.29 is 23.6 Å². The molecule has 0 aliphatic carbocycles. The average molecular weight is 441 g/mol. The zero-order valence-electron chi connectivity index (χ0n) is 17.1. The van der Waals surface area contributed by atoms with Gasteiger partial charge in [0.25, 0.3) is 5.91 Å². The first-order valence-corrected chi connectivity index (χ1v) is 9.92. The van der Waals surface area contributed by atoms with Gasteiger partial charge >= 0.3 is 7.12 Å². The zero-order chi connectivity index (χ0) is 21.7. The topological polar surface area (TPSA) is 77.1 Å². The fourth-order valence-electron chi connectivity index (χ4n) is 2.91. The van der Waals surface area contributed by atoms with Crippen LogP contribution in [0.25, 0.3) is 0 Å². The molecule has 10 heteroatoms. The van der Waals surface area contributed by atoms with E-state index in [2.05, 4.69) is 5.32 Å². The first-order chi connectivity index (χ1) is 13.3. The van der Waals surface area contributed by atoms with Crippen molar-refractivity contribution in [1.82, 2.24) is 10.2 Å². The number of ether oxygens (including phenoxy) is 1. The van der Waals surface area contributed by atoms with Crippen molar-refractivity contribution in [2.24, 2.45) is 0 Å². The Hall–Kier alpha value is -1.74. The first-order valence-electron chi connectivity index (χ1n) is 9.17. The minimum atomic E-state index is -0.638. The molecule has 2 amide bonds. The highest BCUT2D eigenvalue weighted by molar-refractivity contribution is 6.63. The molecule has 1 N–H and O–H groups in total. The van der Waals surface area contributed by atoms with E-state index in [1.165, 1.54) is 13.1 Å². The van der Waals surface area contributed by atoms with Gasteiger partial charge in [-0.25, -0.2) is 0 Å². The van der Waals surface area contributed by atoms with E-state index in [4.69, 9.17) is 37.2 Å². The lowest BCUT2D eigenvalue weighted by Crippen LogP contribution is -2.49. The Kier molecular flexibility index (Phi) is 5.68. The molecule has 1 aromatic rings. The molecule has 1 fully saturated rings. The standard InChI is InChI=1S/C19H23BCl2N2O5/c1-10-17(26)24(11(2)25)9-15(23-10)27-16-13(21)7-12(8-14(16)22)20-28-18(3,4)19(5,6)29-20/h7-10,23H,1-6H3.